The Morgan fingerprint density at radius 1 is 1.34 bits per heavy atom. The van der Waals surface area contributed by atoms with E-state index in [9.17, 15) is 19.7 Å². The summed E-state index contributed by atoms with van der Waals surface area (Å²) in [4.78, 5) is 41.2. The van der Waals surface area contributed by atoms with Gasteiger partial charge < -0.3 is 10.1 Å². The molecule has 1 fully saturated rings. The molecule has 1 aromatic heterocycles. The average molecular weight is 399 g/mol. The lowest BCUT2D eigenvalue weighted by molar-refractivity contribution is -0.384. The summed E-state index contributed by atoms with van der Waals surface area (Å²) < 4.78 is 0. The number of carboxylic acids is 1. The number of carboxylic acid groups (broad SMARTS) is 1. The van der Waals surface area contributed by atoms with Crippen molar-refractivity contribution < 1.29 is 19.6 Å². The van der Waals surface area contributed by atoms with Crippen molar-refractivity contribution in [3.8, 4) is 11.4 Å². The Morgan fingerprint density at radius 2 is 2.10 bits per heavy atom. The summed E-state index contributed by atoms with van der Waals surface area (Å²) in [6.45, 7) is 4.28. The first-order valence-corrected chi connectivity index (χ1v) is 9.70. The zero-order valence-corrected chi connectivity index (χ0v) is 16.6. The van der Waals surface area contributed by atoms with E-state index in [1.165, 1.54) is 12.1 Å². The van der Waals surface area contributed by atoms with Gasteiger partial charge in [0.25, 0.3) is 5.69 Å². The van der Waals surface area contributed by atoms with Gasteiger partial charge in [0.15, 0.2) is 0 Å². The summed E-state index contributed by atoms with van der Waals surface area (Å²) in [5, 5.41) is 19.8. The van der Waals surface area contributed by atoms with Gasteiger partial charge in [0.1, 0.15) is 11.6 Å². The number of Topliss-reactive ketones (excluding diaryl/α,β-unsaturated/α-hetero) is 1. The first kappa shape index (κ1) is 20.7. The zero-order valence-electron chi connectivity index (χ0n) is 16.6. The van der Waals surface area contributed by atoms with Crippen molar-refractivity contribution in [3.05, 3.63) is 46.3 Å². The average Bonchev–Trinajstić information content (AvgIpc) is 3.13. The smallest absolute Gasteiger partial charge is 0.303 e. The zero-order chi connectivity index (χ0) is 21.2. The number of non-ortho nitro benzene ring substituents is 1. The summed E-state index contributed by atoms with van der Waals surface area (Å²) in [7, 11) is 0. The molecule has 1 heterocycles. The third kappa shape index (κ3) is 4.70. The fraction of sp³-hybridized carbons (Fsp3) is 0.476. The van der Waals surface area contributed by atoms with Crippen molar-refractivity contribution in [1.29, 1.82) is 0 Å². The molecule has 0 amide bonds. The van der Waals surface area contributed by atoms with Crippen LogP contribution >= 0.6 is 0 Å². The number of aromatic nitrogens is 2. The number of hydrogen-bond donors (Lipinski definition) is 2. The largest absolute Gasteiger partial charge is 0.481 e. The molecule has 3 rings (SSSR count). The van der Waals surface area contributed by atoms with Crippen molar-refractivity contribution in [3.63, 3.8) is 0 Å². The minimum Gasteiger partial charge on any atom is -0.481 e. The molecule has 1 aliphatic carbocycles. The summed E-state index contributed by atoms with van der Waals surface area (Å²) >= 11 is 0. The monoisotopic (exact) mass is 399 g/mol. The molecule has 8 nitrogen and oxygen atoms in total. The van der Waals surface area contributed by atoms with E-state index in [4.69, 9.17) is 5.11 Å². The second-order valence-corrected chi connectivity index (χ2v) is 8.37. The number of H-pyrrole nitrogens is 1. The number of aliphatic carboxylic acids is 1. The molecule has 154 valence electrons. The van der Waals surface area contributed by atoms with Gasteiger partial charge in [-0.2, -0.15) is 0 Å². The van der Waals surface area contributed by atoms with E-state index in [-0.39, 0.29) is 41.6 Å². The maximum Gasteiger partial charge on any atom is 0.303 e. The van der Waals surface area contributed by atoms with Crippen LogP contribution in [0.4, 0.5) is 5.69 Å². The molecule has 0 spiro atoms. The molecule has 0 radical (unpaired) electrons. The lowest BCUT2D eigenvalue weighted by atomic mass is 9.53. The molecule has 1 aliphatic rings. The third-order valence-electron chi connectivity index (χ3n) is 5.92. The van der Waals surface area contributed by atoms with E-state index >= 15 is 0 Å². The van der Waals surface area contributed by atoms with Gasteiger partial charge in [-0.15, -0.1) is 0 Å². The SMILES string of the molecule is CC1(C)C[C@H](C(=O)CCC(=O)O)[C@H]1CCc1cnc(-c2cccc([N+](=O)[O-])c2)[nH]1. The second kappa shape index (κ2) is 8.14. The number of hydrogen-bond acceptors (Lipinski definition) is 5. The maximum atomic E-state index is 12.4. The van der Waals surface area contributed by atoms with Crippen molar-refractivity contribution in [2.24, 2.45) is 17.3 Å². The molecule has 29 heavy (non-hydrogen) atoms. The van der Waals surface area contributed by atoms with Crippen LogP contribution in [0.3, 0.4) is 0 Å². The maximum absolute atomic E-state index is 12.4. The van der Waals surface area contributed by atoms with Gasteiger partial charge in [-0.05, 0) is 30.6 Å². The Hall–Kier alpha value is -3.03. The molecule has 2 atom stereocenters. The van der Waals surface area contributed by atoms with Crippen LogP contribution in [-0.2, 0) is 16.0 Å². The van der Waals surface area contributed by atoms with Gasteiger partial charge in [0, 0.05) is 41.9 Å². The van der Waals surface area contributed by atoms with Gasteiger partial charge in [-0.25, -0.2) is 4.98 Å². The number of nitro groups is 1. The van der Waals surface area contributed by atoms with Gasteiger partial charge >= 0.3 is 5.97 Å². The lowest BCUT2D eigenvalue weighted by Crippen LogP contribution is -2.48. The molecule has 8 heteroatoms. The predicted molar refractivity (Wildman–Crippen MR) is 106 cm³/mol. The van der Waals surface area contributed by atoms with Crippen LogP contribution in [0.15, 0.2) is 30.5 Å². The molecular formula is C21H25N3O5. The Bertz CT molecular complexity index is 934. The normalized spacial score (nSPS) is 20.1. The Balaban J connectivity index is 1.63. The van der Waals surface area contributed by atoms with Crippen LogP contribution in [0.1, 0.15) is 45.2 Å². The Kier molecular flexibility index (Phi) is 5.81. The fourth-order valence-electron chi connectivity index (χ4n) is 4.30. The van der Waals surface area contributed by atoms with Crippen molar-refractivity contribution in [1.82, 2.24) is 9.97 Å². The van der Waals surface area contributed by atoms with Crippen LogP contribution in [0.2, 0.25) is 0 Å². The van der Waals surface area contributed by atoms with Gasteiger partial charge in [-0.1, -0.05) is 26.0 Å². The summed E-state index contributed by atoms with van der Waals surface area (Å²) in [5.74, 6) is -0.208. The highest BCUT2D eigenvalue weighted by molar-refractivity contribution is 5.85. The third-order valence-corrected chi connectivity index (χ3v) is 5.92. The highest BCUT2D eigenvalue weighted by atomic mass is 16.6. The highest BCUT2D eigenvalue weighted by Crippen LogP contribution is 2.53. The van der Waals surface area contributed by atoms with Crippen LogP contribution in [0, 0.1) is 27.4 Å². The van der Waals surface area contributed by atoms with E-state index in [0.717, 1.165) is 18.5 Å². The number of nitro benzene ring substituents is 1. The number of imidazole rings is 1. The van der Waals surface area contributed by atoms with Gasteiger partial charge in [0.05, 0.1) is 11.3 Å². The number of nitrogens with zero attached hydrogens (tertiary/aromatic N) is 2. The summed E-state index contributed by atoms with van der Waals surface area (Å²) in [6.07, 6.45) is 3.99. The quantitative estimate of drug-likeness (QED) is 0.484. The van der Waals surface area contributed by atoms with Crippen LogP contribution in [0.5, 0.6) is 0 Å². The van der Waals surface area contributed by atoms with Crippen molar-refractivity contribution in [2.75, 3.05) is 0 Å². The molecule has 1 aromatic carbocycles. The first-order valence-electron chi connectivity index (χ1n) is 9.70. The van der Waals surface area contributed by atoms with Crippen LogP contribution < -0.4 is 0 Å². The molecule has 0 aliphatic heterocycles. The molecule has 0 bridgehead atoms. The molecule has 0 unspecified atom stereocenters. The van der Waals surface area contributed by atoms with E-state index in [1.54, 1.807) is 18.3 Å². The van der Waals surface area contributed by atoms with Crippen LogP contribution in [-0.4, -0.2) is 31.8 Å². The second-order valence-electron chi connectivity index (χ2n) is 8.37. The highest BCUT2D eigenvalue weighted by Gasteiger charge is 2.49. The number of aryl methyl sites for hydroxylation is 1. The number of ketones is 1. The Morgan fingerprint density at radius 3 is 2.76 bits per heavy atom. The minimum absolute atomic E-state index is 0.0133. The molecule has 1 saturated carbocycles. The molecule has 0 saturated heterocycles. The first-order chi connectivity index (χ1) is 13.7. The fourth-order valence-corrected chi connectivity index (χ4v) is 4.30. The van der Waals surface area contributed by atoms with Gasteiger partial charge in [-0.3, -0.25) is 19.7 Å². The number of rotatable bonds is 9. The number of benzene rings is 1. The Labute approximate surface area is 168 Å². The summed E-state index contributed by atoms with van der Waals surface area (Å²) in [5.41, 5.74) is 1.62. The van der Waals surface area contributed by atoms with Gasteiger partial charge in [0.2, 0.25) is 0 Å². The topological polar surface area (TPSA) is 126 Å². The molecule has 2 aromatic rings. The van der Waals surface area contributed by atoms with E-state index < -0.39 is 10.9 Å². The minimum atomic E-state index is -0.945. The molecular weight excluding hydrogens is 374 g/mol. The lowest BCUT2D eigenvalue weighted by Gasteiger charge is -2.51. The summed E-state index contributed by atoms with van der Waals surface area (Å²) in [6, 6.07) is 6.31. The standard InChI is InChI=1S/C21H25N3O5/c1-21(2)11-16(18(25)8-9-19(26)27)17(21)7-6-14-12-22-20(23-14)13-4-3-5-15(10-13)24(28)29/h3-5,10,12,16-17H,6-9,11H2,1-2H3,(H,22,23)(H,26,27)/t16-,17+/m0/s1. The van der Waals surface area contributed by atoms with E-state index in [1.807, 2.05) is 0 Å². The van der Waals surface area contributed by atoms with Crippen LogP contribution in [0.25, 0.3) is 11.4 Å². The van der Waals surface area contributed by atoms with Crippen molar-refractivity contribution >= 4 is 17.4 Å². The number of carbonyl (C=O) groups is 2. The number of carbonyl (C=O) groups excluding carboxylic acids is 1. The van der Waals surface area contributed by atoms with E-state index in [2.05, 4.69) is 23.8 Å². The predicted octanol–water partition coefficient (Wildman–Crippen LogP) is 4.01. The van der Waals surface area contributed by atoms with E-state index in [0.29, 0.717) is 17.8 Å². The molecule has 2 N–H and O–H groups in total. The van der Waals surface area contributed by atoms with Crippen molar-refractivity contribution in [2.45, 2.75) is 46.0 Å². The number of aromatic amines is 1. The number of nitrogens with one attached hydrogen (secondary N) is 1.